The van der Waals surface area contributed by atoms with E-state index in [1.165, 1.54) is 5.56 Å². The molecule has 0 bridgehead atoms. The molecule has 0 amide bonds. The Bertz CT molecular complexity index is 1280. The maximum absolute atomic E-state index is 13.4. The Balaban J connectivity index is 1.47. The summed E-state index contributed by atoms with van der Waals surface area (Å²) in [5.41, 5.74) is 6.87. The van der Waals surface area contributed by atoms with Crippen molar-refractivity contribution in [2.24, 2.45) is 5.41 Å². The molecule has 2 N–H and O–H groups in total. The Morgan fingerprint density at radius 3 is 2.47 bits per heavy atom. The molecule has 0 aromatic heterocycles. The lowest BCUT2D eigenvalue weighted by Gasteiger charge is -2.34. The van der Waals surface area contributed by atoms with Crippen LogP contribution in [0.3, 0.4) is 0 Å². The Morgan fingerprint density at radius 1 is 1.00 bits per heavy atom. The third kappa shape index (κ3) is 4.55. The molecule has 174 valence electrons. The van der Waals surface area contributed by atoms with Gasteiger partial charge in [0, 0.05) is 17.7 Å². The first-order valence-corrected chi connectivity index (χ1v) is 12.0. The van der Waals surface area contributed by atoms with Gasteiger partial charge in [0.25, 0.3) is 0 Å². The molecule has 1 aliphatic carbocycles. The summed E-state index contributed by atoms with van der Waals surface area (Å²) in [6, 6.07) is 21.8. The highest BCUT2D eigenvalue weighted by molar-refractivity contribution is 6.32. The molecule has 1 heterocycles. The molecule has 0 spiro atoms. The number of carbonyl (C=O) groups is 1. The highest BCUT2D eigenvalue weighted by Gasteiger charge is 2.38. The number of aryl methyl sites for hydroxylation is 1. The monoisotopic (exact) mass is 472 g/mol. The number of hydrogen-bond donors (Lipinski definition) is 2. The molecule has 1 atom stereocenters. The van der Waals surface area contributed by atoms with Crippen LogP contribution in [0.1, 0.15) is 49.4 Å². The second-order valence-electron chi connectivity index (χ2n) is 10.0. The van der Waals surface area contributed by atoms with Gasteiger partial charge in [-0.3, -0.25) is 4.79 Å². The number of allylic oxidation sites excluding steroid dienone is 1. The molecule has 0 unspecified atom stereocenters. The summed E-state index contributed by atoms with van der Waals surface area (Å²) in [6.07, 6.45) is 1.33. The quantitative estimate of drug-likeness (QED) is 0.414. The van der Waals surface area contributed by atoms with Crippen molar-refractivity contribution >= 4 is 28.8 Å². The minimum Gasteiger partial charge on any atom is -0.487 e. The predicted octanol–water partition coefficient (Wildman–Crippen LogP) is 7.45. The number of ether oxygens (including phenoxy) is 1. The van der Waals surface area contributed by atoms with Gasteiger partial charge >= 0.3 is 0 Å². The molecular weight excluding hydrogens is 444 g/mol. The fourth-order valence-electron chi connectivity index (χ4n) is 4.80. The van der Waals surface area contributed by atoms with E-state index in [1.54, 1.807) is 0 Å². The molecule has 0 fully saturated rings. The second-order valence-corrected chi connectivity index (χ2v) is 10.5. The van der Waals surface area contributed by atoms with Crippen LogP contribution in [-0.4, -0.2) is 5.78 Å². The van der Waals surface area contributed by atoms with E-state index in [4.69, 9.17) is 16.3 Å². The van der Waals surface area contributed by atoms with Crippen LogP contribution in [0.2, 0.25) is 5.02 Å². The summed E-state index contributed by atoms with van der Waals surface area (Å²) in [6.45, 7) is 6.80. The van der Waals surface area contributed by atoms with E-state index < -0.39 is 0 Å². The summed E-state index contributed by atoms with van der Waals surface area (Å²) >= 11 is 6.67. The lowest BCUT2D eigenvalue weighted by Crippen LogP contribution is -2.31. The molecule has 3 aromatic rings. The van der Waals surface area contributed by atoms with Crippen LogP contribution >= 0.6 is 11.6 Å². The Hall–Kier alpha value is -3.24. The third-order valence-electron chi connectivity index (χ3n) is 6.53. The largest absolute Gasteiger partial charge is 0.487 e. The van der Waals surface area contributed by atoms with Crippen molar-refractivity contribution in [3.05, 3.63) is 99.7 Å². The summed E-state index contributed by atoms with van der Waals surface area (Å²) < 4.78 is 6.00. The number of halogens is 1. The zero-order chi connectivity index (χ0) is 23.9. The maximum atomic E-state index is 13.4. The standard InChI is InChI=1S/C29H29ClN2O2/c1-18-8-10-19(11-9-18)17-34-26-13-12-20(14-21(26)30)28-27-24(15-29(2,3)16-25(27)33)31-22-6-4-5-7-23(22)32-28/h4-14,28,31-32H,15-17H2,1-3H3/t28-/m1/s1. The fourth-order valence-corrected chi connectivity index (χ4v) is 5.04. The van der Waals surface area contributed by atoms with E-state index >= 15 is 0 Å². The lowest BCUT2D eigenvalue weighted by atomic mass is 9.73. The smallest absolute Gasteiger partial charge is 0.163 e. The fraction of sp³-hybridized carbons (Fsp3) is 0.276. The molecule has 0 saturated carbocycles. The molecule has 2 aliphatic rings. The van der Waals surface area contributed by atoms with Crippen molar-refractivity contribution in [2.45, 2.75) is 46.3 Å². The Labute approximate surface area is 206 Å². The number of para-hydroxylation sites is 2. The molecule has 5 rings (SSSR count). The van der Waals surface area contributed by atoms with Crippen LogP contribution in [0.4, 0.5) is 11.4 Å². The van der Waals surface area contributed by atoms with Crippen LogP contribution in [0.5, 0.6) is 5.75 Å². The molecule has 1 aliphatic heterocycles. The number of Topliss-reactive ketones (excluding diaryl/α,β-unsaturated/α-hetero) is 1. The summed E-state index contributed by atoms with van der Waals surface area (Å²) in [7, 11) is 0. The first-order valence-electron chi connectivity index (χ1n) is 11.7. The van der Waals surface area contributed by atoms with Gasteiger partial charge in [-0.1, -0.05) is 73.5 Å². The van der Waals surface area contributed by atoms with Crippen molar-refractivity contribution < 1.29 is 9.53 Å². The van der Waals surface area contributed by atoms with E-state index in [2.05, 4.69) is 55.7 Å². The van der Waals surface area contributed by atoms with Crippen molar-refractivity contribution in [1.29, 1.82) is 0 Å². The highest BCUT2D eigenvalue weighted by atomic mass is 35.5. The topological polar surface area (TPSA) is 50.4 Å². The highest BCUT2D eigenvalue weighted by Crippen LogP contribution is 2.46. The molecule has 34 heavy (non-hydrogen) atoms. The van der Waals surface area contributed by atoms with Crippen molar-refractivity contribution in [3.8, 4) is 5.75 Å². The van der Waals surface area contributed by atoms with Gasteiger partial charge in [-0.25, -0.2) is 0 Å². The van der Waals surface area contributed by atoms with E-state index in [-0.39, 0.29) is 17.2 Å². The molecule has 5 heteroatoms. The van der Waals surface area contributed by atoms with Gasteiger partial charge in [-0.2, -0.15) is 0 Å². The van der Waals surface area contributed by atoms with Gasteiger partial charge in [0.15, 0.2) is 5.78 Å². The normalized spacial score (nSPS) is 18.8. The number of hydrogen-bond acceptors (Lipinski definition) is 4. The van der Waals surface area contributed by atoms with Crippen LogP contribution < -0.4 is 15.4 Å². The van der Waals surface area contributed by atoms with Gasteiger partial charge in [-0.05, 0) is 54.2 Å². The number of carbonyl (C=O) groups excluding carboxylic acids is 1. The molecule has 4 nitrogen and oxygen atoms in total. The van der Waals surface area contributed by atoms with Crippen LogP contribution in [-0.2, 0) is 11.4 Å². The molecule has 3 aromatic carbocycles. The SMILES string of the molecule is Cc1ccc(COc2ccc([C@H]3Nc4ccccc4NC4=C3C(=O)CC(C)(C)C4)cc2Cl)cc1. The van der Waals surface area contributed by atoms with Gasteiger partial charge in [0.2, 0.25) is 0 Å². The summed E-state index contributed by atoms with van der Waals surface area (Å²) in [5, 5.41) is 7.69. The van der Waals surface area contributed by atoms with E-state index in [9.17, 15) is 4.79 Å². The average Bonchev–Trinajstić information content (AvgIpc) is 2.95. The minimum absolute atomic E-state index is 0.0852. The number of nitrogens with one attached hydrogen (secondary N) is 2. The number of ketones is 1. The number of rotatable bonds is 4. The average molecular weight is 473 g/mol. The Morgan fingerprint density at radius 2 is 1.74 bits per heavy atom. The van der Waals surface area contributed by atoms with Crippen LogP contribution in [0.15, 0.2) is 78.0 Å². The van der Waals surface area contributed by atoms with Gasteiger partial charge in [0.1, 0.15) is 12.4 Å². The second kappa shape index (κ2) is 8.84. The van der Waals surface area contributed by atoms with Crippen molar-refractivity contribution in [3.63, 3.8) is 0 Å². The van der Waals surface area contributed by atoms with Crippen LogP contribution in [0.25, 0.3) is 0 Å². The zero-order valence-corrected chi connectivity index (χ0v) is 20.5. The lowest BCUT2D eigenvalue weighted by molar-refractivity contribution is -0.118. The first-order chi connectivity index (χ1) is 16.3. The van der Waals surface area contributed by atoms with E-state index in [1.807, 2.05) is 42.5 Å². The van der Waals surface area contributed by atoms with Gasteiger partial charge in [0.05, 0.1) is 22.4 Å². The molecule has 0 saturated heterocycles. The van der Waals surface area contributed by atoms with Gasteiger partial charge < -0.3 is 15.4 Å². The van der Waals surface area contributed by atoms with Crippen molar-refractivity contribution in [1.82, 2.24) is 0 Å². The number of anilines is 2. The third-order valence-corrected chi connectivity index (χ3v) is 6.82. The molecular formula is C29H29ClN2O2. The number of fused-ring (bicyclic) bond motifs is 1. The Kier molecular flexibility index (Phi) is 5.86. The summed E-state index contributed by atoms with van der Waals surface area (Å²) in [5.74, 6) is 0.795. The zero-order valence-electron chi connectivity index (χ0n) is 19.7. The first kappa shape index (κ1) is 22.5. The maximum Gasteiger partial charge on any atom is 0.163 e. The van der Waals surface area contributed by atoms with E-state index in [0.717, 1.165) is 40.2 Å². The van der Waals surface area contributed by atoms with Crippen LogP contribution in [0, 0.1) is 12.3 Å². The summed E-state index contributed by atoms with van der Waals surface area (Å²) in [4.78, 5) is 13.4. The van der Waals surface area contributed by atoms with Crippen molar-refractivity contribution in [2.75, 3.05) is 10.6 Å². The molecule has 0 radical (unpaired) electrons. The predicted molar refractivity (Wildman–Crippen MR) is 138 cm³/mol. The number of benzene rings is 3. The minimum atomic E-state index is -0.293. The van der Waals surface area contributed by atoms with Gasteiger partial charge in [-0.15, -0.1) is 0 Å². The van der Waals surface area contributed by atoms with E-state index in [0.29, 0.717) is 23.8 Å².